The third-order valence-corrected chi connectivity index (χ3v) is 2.86. The zero-order valence-electron chi connectivity index (χ0n) is 6.27. The third kappa shape index (κ3) is 1.90. The lowest BCUT2D eigenvalue weighted by atomic mass is 10.2. The first-order valence-corrected chi connectivity index (χ1v) is 4.99. The summed E-state index contributed by atoms with van der Waals surface area (Å²) in [5.74, 6) is 0.779. The van der Waals surface area contributed by atoms with Gasteiger partial charge in [0.2, 0.25) is 0 Å². The Bertz CT molecular complexity index is 345. The molecule has 1 rings (SSSR count). The molecule has 2 nitrogen and oxygen atoms in total. The van der Waals surface area contributed by atoms with Crippen molar-refractivity contribution in [2.24, 2.45) is 0 Å². The van der Waals surface area contributed by atoms with E-state index < -0.39 is 0 Å². The fraction of sp³-hybridized carbons (Fsp3) is 0.125. The maximum atomic E-state index is 8.68. The summed E-state index contributed by atoms with van der Waals surface area (Å²) in [5, 5.41) is 8.68. The summed E-state index contributed by atoms with van der Waals surface area (Å²) in [6.07, 6.45) is 0. The van der Waals surface area contributed by atoms with Gasteiger partial charge in [0, 0.05) is 4.47 Å². The van der Waals surface area contributed by atoms with E-state index in [1.165, 1.54) is 0 Å². The molecule has 1 aromatic rings. The molecule has 0 aliphatic rings. The van der Waals surface area contributed by atoms with Gasteiger partial charge in [0.25, 0.3) is 0 Å². The van der Waals surface area contributed by atoms with Crippen LogP contribution in [0.2, 0.25) is 0 Å². The Labute approximate surface area is 92.8 Å². The van der Waals surface area contributed by atoms with E-state index in [0.29, 0.717) is 5.56 Å². The molecule has 0 saturated carbocycles. The molecular weight excluding hydrogens is 333 g/mol. The summed E-state index contributed by atoms with van der Waals surface area (Å²) in [4.78, 5) is 0. The highest BCUT2D eigenvalue weighted by Crippen LogP contribution is 2.27. The van der Waals surface area contributed by atoms with E-state index in [1.807, 2.05) is 0 Å². The molecule has 0 radical (unpaired) electrons. The second kappa shape index (κ2) is 4.10. The van der Waals surface area contributed by atoms with Crippen LogP contribution >= 0.6 is 38.5 Å². The summed E-state index contributed by atoms with van der Waals surface area (Å²) in [6.45, 7) is 0. The van der Waals surface area contributed by atoms with Crippen LogP contribution in [0.3, 0.4) is 0 Å². The van der Waals surface area contributed by atoms with Gasteiger partial charge in [0.05, 0.1) is 16.2 Å². The first-order valence-electron chi connectivity index (χ1n) is 3.12. The van der Waals surface area contributed by atoms with Crippen LogP contribution in [0.25, 0.3) is 0 Å². The van der Waals surface area contributed by atoms with Crippen molar-refractivity contribution in [2.45, 2.75) is 0 Å². The van der Waals surface area contributed by atoms with E-state index >= 15 is 0 Å². The summed E-state index contributed by atoms with van der Waals surface area (Å²) in [6, 6.07) is 5.65. The summed E-state index contributed by atoms with van der Waals surface area (Å²) < 4.78 is 6.78. The van der Waals surface area contributed by atoms with E-state index in [1.54, 1.807) is 19.2 Å². The Morgan fingerprint density at radius 1 is 1.58 bits per heavy atom. The highest BCUT2D eigenvalue weighted by Gasteiger charge is 2.05. The van der Waals surface area contributed by atoms with E-state index in [9.17, 15) is 0 Å². The lowest BCUT2D eigenvalue weighted by Crippen LogP contribution is -1.88. The number of benzene rings is 1. The number of ether oxygens (including phenoxy) is 1. The van der Waals surface area contributed by atoms with Gasteiger partial charge in [-0.3, -0.25) is 0 Å². The molecule has 0 N–H and O–H groups in total. The molecule has 0 aromatic heterocycles. The van der Waals surface area contributed by atoms with Gasteiger partial charge in [-0.25, -0.2) is 0 Å². The summed E-state index contributed by atoms with van der Waals surface area (Å²) >= 11 is 5.41. The maximum absolute atomic E-state index is 8.68. The van der Waals surface area contributed by atoms with Crippen molar-refractivity contribution in [3.8, 4) is 11.8 Å². The van der Waals surface area contributed by atoms with Gasteiger partial charge in [-0.05, 0) is 50.7 Å². The van der Waals surface area contributed by atoms with Crippen molar-refractivity contribution < 1.29 is 4.74 Å². The van der Waals surface area contributed by atoms with Crippen LogP contribution in [0, 0.1) is 14.9 Å². The van der Waals surface area contributed by atoms with Crippen LogP contribution in [-0.2, 0) is 0 Å². The Morgan fingerprint density at radius 2 is 2.25 bits per heavy atom. The largest absolute Gasteiger partial charge is 0.496 e. The van der Waals surface area contributed by atoms with Crippen molar-refractivity contribution in [1.82, 2.24) is 0 Å². The van der Waals surface area contributed by atoms with Crippen LogP contribution in [0.1, 0.15) is 5.56 Å². The molecular formula is C8H5BrINO. The second-order valence-corrected chi connectivity index (χ2v) is 4.09. The monoisotopic (exact) mass is 337 g/mol. The maximum Gasteiger partial charge on any atom is 0.133 e. The number of nitriles is 1. The van der Waals surface area contributed by atoms with Gasteiger partial charge in [0.15, 0.2) is 0 Å². The van der Waals surface area contributed by atoms with Gasteiger partial charge in [-0.1, -0.05) is 0 Å². The van der Waals surface area contributed by atoms with E-state index in [0.717, 1.165) is 13.8 Å². The zero-order chi connectivity index (χ0) is 9.14. The van der Waals surface area contributed by atoms with Gasteiger partial charge >= 0.3 is 0 Å². The van der Waals surface area contributed by atoms with Gasteiger partial charge in [-0.15, -0.1) is 0 Å². The Morgan fingerprint density at radius 3 is 2.75 bits per heavy atom. The first-order chi connectivity index (χ1) is 5.69. The zero-order valence-corrected chi connectivity index (χ0v) is 10.0. The van der Waals surface area contributed by atoms with Gasteiger partial charge < -0.3 is 4.74 Å². The molecule has 0 amide bonds. The summed E-state index contributed by atoms with van der Waals surface area (Å²) in [5.41, 5.74) is 0.625. The molecule has 62 valence electrons. The van der Waals surface area contributed by atoms with Crippen molar-refractivity contribution in [3.05, 3.63) is 25.7 Å². The van der Waals surface area contributed by atoms with Crippen molar-refractivity contribution in [3.63, 3.8) is 0 Å². The number of rotatable bonds is 1. The van der Waals surface area contributed by atoms with Crippen LogP contribution in [0.4, 0.5) is 0 Å². The van der Waals surface area contributed by atoms with Gasteiger partial charge in [-0.2, -0.15) is 5.26 Å². The second-order valence-electron chi connectivity index (χ2n) is 2.08. The quantitative estimate of drug-likeness (QED) is 0.738. The standard InChI is InChI=1S/C8H5BrINO/c1-12-8-3-6(9)5(4-11)2-7(8)10/h2-3H,1H3. The molecule has 0 spiro atoms. The predicted octanol–water partition coefficient (Wildman–Crippen LogP) is 2.93. The lowest BCUT2D eigenvalue weighted by Gasteiger charge is -2.04. The Hall–Kier alpha value is -0.280. The van der Waals surface area contributed by atoms with Crippen LogP contribution in [-0.4, -0.2) is 7.11 Å². The predicted molar refractivity (Wildman–Crippen MR) is 58.1 cm³/mol. The molecule has 0 bridgehead atoms. The molecule has 0 atom stereocenters. The SMILES string of the molecule is COc1cc(Br)c(C#N)cc1I. The topological polar surface area (TPSA) is 33.0 Å². The van der Waals surface area contributed by atoms with Crippen LogP contribution < -0.4 is 4.74 Å². The molecule has 0 heterocycles. The fourth-order valence-electron chi connectivity index (χ4n) is 0.771. The number of hydrogen-bond acceptors (Lipinski definition) is 2. The normalized spacial score (nSPS) is 9.17. The third-order valence-electron chi connectivity index (χ3n) is 1.36. The van der Waals surface area contributed by atoms with E-state index in [-0.39, 0.29) is 0 Å². The minimum atomic E-state index is 0.625. The number of nitrogens with zero attached hydrogens (tertiary/aromatic N) is 1. The average molecular weight is 338 g/mol. The Balaban J connectivity index is 3.28. The minimum absolute atomic E-state index is 0.625. The fourth-order valence-corrected chi connectivity index (χ4v) is 1.87. The van der Waals surface area contributed by atoms with E-state index in [2.05, 4.69) is 44.6 Å². The van der Waals surface area contributed by atoms with Crippen molar-refractivity contribution in [2.75, 3.05) is 7.11 Å². The average Bonchev–Trinajstić information content (AvgIpc) is 2.08. The Kier molecular flexibility index (Phi) is 3.35. The molecule has 4 heteroatoms. The number of halogens is 2. The highest BCUT2D eigenvalue weighted by molar-refractivity contribution is 14.1. The molecule has 12 heavy (non-hydrogen) atoms. The highest BCUT2D eigenvalue weighted by atomic mass is 127. The molecule has 0 saturated heterocycles. The summed E-state index contributed by atoms with van der Waals surface area (Å²) in [7, 11) is 1.61. The van der Waals surface area contributed by atoms with Crippen molar-refractivity contribution >= 4 is 38.5 Å². The van der Waals surface area contributed by atoms with Crippen LogP contribution in [0.15, 0.2) is 16.6 Å². The number of hydrogen-bond donors (Lipinski definition) is 0. The molecule has 0 fully saturated rings. The van der Waals surface area contributed by atoms with Crippen LogP contribution in [0.5, 0.6) is 5.75 Å². The lowest BCUT2D eigenvalue weighted by molar-refractivity contribution is 0.411. The smallest absolute Gasteiger partial charge is 0.133 e. The number of methoxy groups -OCH3 is 1. The van der Waals surface area contributed by atoms with Crippen molar-refractivity contribution in [1.29, 1.82) is 5.26 Å². The van der Waals surface area contributed by atoms with Gasteiger partial charge in [0.1, 0.15) is 11.8 Å². The molecule has 0 unspecified atom stereocenters. The molecule has 1 aromatic carbocycles. The molecule has 0 aliphatic heterocycles. The van der Waals surface area contributed by atoms with E-state index in [4.69, 9.17) is 10.00 Å². The molecule has 0 aliphatic carbocycles. The first kappa shape index (κ1) is 9.81. The minimum Gasteiger partial charge on any atom is -0.496 e.